The number of carbonyl (C=O) groups is 2. The van der Waals surface area contributed by atoms with E-state index < -0.39 is 5.82 Å². The van der Waals surface area contributed by atoms with Gasteiger partial charge in [0, 0.05) is 31.7 Å². The molecule has 1 atom stereocenters. The summed E-state index contributed by atoms with van der Waals surface area (Å²) in [5, 5.41) is 0. The Morgan fingerprint density at radius 3 is 2.67 bits per heavy atom. The van der Waals surface area contributed by atoms with E-state index in [4.69, 9.17) is 5.73 Å². The van der Waals surface area contributed by atoms with E-state index in [1.165, 1.54) is 18.2 Å². The molecule has 1 heterocycles. The van der Waals surface area contributed by atoms with E-state index in [1.807, 2.05) is 4.90 Å². The second kappa shape index (κ2) is 6.67. The Labute approximate surface area is 123 Å². The van der Waals surface area contributed by atoms with Crippen molar-refractivity contribution in [3.05, 3.63) is 35.6 Å². The monoisotopic (exact) mass is 293 g/mol. The van der Waals surface area contributed by atoms with E-state index >= 15 is 0 Å². The molecule has 0 aromatic heterocycles. The highest BCUT2D eigenvalue weighted by molar-refractivity contribution is 5.94. The highest BCUT2D eigenvalue weighted by atomic mass is 19.1. The third-order valence-corrected chi connectivity index (χ3v) is 3.85. The first kappa shape index (κ1) is 15.4. The van der Waals surface area contributed by atoms with Crippen LogP contribution in [0.15, 0.2) is 24.3 Å². The summed E-state index contributed by atoms with van der Waals surface area (Å²) in [4.78, 5) is 27.3. The van der Waals surface area contributed by atoms with Crippen LogP contribution in [0.5, 0.6) is 0 Å². The van der Waals surface area contributed by atoms with Crippen molar-refractivity contribution in [3.8, 4) is 0 Å². The average Bonchev–Trinajstić information content (AvgIpc) is 2.71. The van der Waals surface area contributed by atoms with Crippen LogP contribution in [0.25, 0.3) is 0 Å². The van der Waals surface area contributed by atoms with Gasteiger partial charge in [-0.05, 0) is 31.5 Å². The minimum Gasteiger partial charge on any atom is -0.368 e. The van der Waals surface area contributed by atoms with Crippen LogP contribution in [0.2, 0.25) is 0 Å². The lowest BCUT2D eigenvalue weighted by atomic mass is 10.2. The number of hydrogen-bond acceptors (Lipinski definition) is 3. The molecular weight excluding hydrogens is 273 g/mol. The van der Waals surface area contributed by atoms with Gasteiger partial charge in [0.05, 0.1) is 6.04 Å². The summed E-state index contributed by atoms with van der Waals surface area (Å²) in [7, 11) is 0. The van der Waals surface area contributed by atoms with Crippen molar-refractivity contribution in [1.82, 2.24) is 9.80 Å². The molecule has 0 saturated carbocycles. The summed E-state index contributed by atoms with van der Waals surface area (Å²) in [6.45, 7) is 4.18. The largest absolute Gasteiger partial charge is 0.368 e. The summed E-state index contributed by atoms with van der Waals surface area (Å²) < 4.78 is 13.2. The second-order valence-electron chi connectivity index (χ2n) is 5.27. The van der Waals surface area contributed by atoms with Crippen molar-refractivity contribution in [1.29, 1.82) is 0 Å². The van der Waals surface area contributed by atoms with Crippen LogP contribution in [0, 0.1) is 5.82 Å². The first-order chi connectivity index (χ1) is 9.99. The zero-order chi connectivity index (χ0) is 15.4. The van der Waals surface area contributed by atoms with E-state index in [2.05, 4.69) is 0 Å². The fraction of sp³-hybridized carbons (Fsp3) is 0.467. The standard InChI is InChI=1S/C15H20FN3O2/c1-11(14(17)20)18-6-3-7-19(9-8-18)15(21)12-4-2-5-13(16)10-12/h2,4-5,10-11H,3,6-9H2,1H3,(H2,17,20)/t11-/m1/s1. The van der Waals surface area contributed by atoms with Crippen LogP contribution in [0.1, 0.15) is 23.7 Å². The highest BCUT2D eigenvalue weighted by Crippen LogP contribution is 2.12. The fourth-order valence-corrected chi connectivity index (χ4v) is 2.51. The minimum absolute atomic E-state index is 0.178. The lowest BCUT2D eigenvalue weighted by molar-refractivity contribution is -0.122. The van der Waals surface area contributed by atoms with Crippen molar-refractivity contribution in [3.63, 3.8) is 0 Å². The van der Waals surface area contributed by atoms with Crippen molar-refractivity contribution < 1.29 is 14.0 Å². The van der Waals surface area contributed by atoms with Crippen molar-refractivity contribution >= 4 is 11.8 Å². The van der Waals surface area contributed by atoms with Crippen LogP contribution in [-0.2, 0) is 4.79 Å². The molecule has 0 unspecified atom stereocenters. The molecule has 0 aliphatic carbocycles. The van der Waals surface area contributed by atoms with Crippen molar-refractivity contribution in [2.45, 2.75) is 19.4 Å². The van der Waals surface area contributed by atoms with Gasteiger partial charge in [-0.1, -0.05) is 6.07 Å². The molecule has 1 aromatic carbocycles. The predicted molar refractivity (Wildman–Crippen MR) is 77.1 cm³/mol. The number of nitrogens with two attached hydrogens (primary N) is 1. The van der Waals surface area contributed by atoms with Crippen LogP contribution in [-0.4, -0.2) is 53.8 Å². The topological polar surface area (TPSA) is 66.6 Å². The molecule has 1 saturated heterocycles. The van der Waals surface area contributed by atoms with E-state index in [-0.39, 0.29) is 17.9 Å². The third-order valence-electron chi connectivity index (χ3n) is 3.85. The number of rotatable bonds is 3. The van der Waals surface area contributed by atoms with Gasteiger partial charge in [-0.2, -0.15) is 0 Å². The van der Waals surface area contributed by atoms with Gasteiger partial charge in [0.2, 0.25) is 5.91 Å². The maximum atomic E-state index is 13.2. The molecule has 1 aliphatic rings. The van der Waals surface area contributed by atoms with Gasteiger partial charge >= 0.3 is 0 Å². The average molecular weight is 293 g/mol. The van der Waals surface area contributed by atoms with Gasteiger partial charge in [-0.25, -0.2) is 4.39 Å². The SMILES string of the molecule is C[C@H](C(N)=O)N1CCCN(C(=O)c2cccc(F)c2)CC1. The lowest BCUT2D eigenvalue weighted by Gasteiger charge is -2.25. The van der Waals surface area contributed by atoms with E-state index in [1.54, 1.807) is 17.9 Å². The van der Waals surface area contributed by atoms with Gasteiger partial charge in [0.15, 0.2) is 0 Å². The highest BCUT2D eigenvalue weighted by Gasteiger charge is 2.24. The molecule has 0 bridgehead atoms. The van der Waals surface area contributed by atoms with Gasteiger partial charge in [-0.3, -0.25) is 14.5 Å². The maximum absolute atomic E-state index is 13.2. The van der Waals surface area contributed by atoms with Crippen LogP contribution < -0.4 is 5.73 Å². The Bertz CT molecular complexity index is 535. The second-order valence-corrected chi connectivity index (χ2v) is 5.27. The first-order valence-corrected chi connectivity index (χ1v) is 7.07. The van der Waals surface area contributed by atoms with E-state index in [0.29, 0.717) is 25.2 Å². The molecule has 5 nitrogen and oxygen atoms in total. The molecule has 0 radical (unpaired) electrons. The number of halogens is 1. The van der Waals surface area contributed by atoms with Crippen molar-refractivity contribution in [2.24, 2.45) is 5.73 Å². The molecule has 2 N–H and O–H groups in total. The molecule has 6 heteroatoms. The Morgan fingerprint density at radius 1 is 1.24 bits per heavy atom. The Hall–Kier alpha value is -1.95. The maximum Gasteiger partial charge on any atom is 0.254 e. The third kappa shape index (κ3) is 3.78. The summed E-state index contributed by atoms with van der Waals surface area (Å²) in [6.07, 6.45) is 0.763. The summed E-state index contributed by atoms with van der Waals surface area (Å²) >= 11 is 0. The fourth-order valence-electron chi connectivity index (χ4n) is 2.51. The minimum atomic E-state index is -0.417. The molecular formula is C15H20FN3O2. The molecule has 2 amide bonds. The van der Waals surface area contributed by atoms with Gasteiger partial charge < -0.3 is 10.6 Å². The molecule has 1 aromatic rings. The Kier molecular flexibility index (Phi) is 4.90. The zero-order valence-electron chi connectivity index (χ0n) is 12.1. The number of amides is 2. The van der Waals surface area contributed by atoms with E-state index in [9.17, 15) is 14.0 Å². The molecule has 0 spiro atoms. The quantitative estimate of drug-likeness (QED) is 0.898. The molecule has 2 rings (SSSR count). The van der Waals surface area contributed by atoms with E-state index in [0.717, 1.165) is 13.0 Å². The van der Waals surface area contributed by atoms with Gasteiger partial charge in [0.25, 0.3) is 5.91 Å². The normalized spacial score (nSPS) is 18.1. The molecule has 1 aliphatic heterocycles. The zero-order valence-corrected chi connectivity index (χ0v) is 12.1. The lowest BCUT2D eigenvalue weighted by Crippen LogP contribution is -2.44. The van der Waals surface area contributed by atoms with Crippen LogP contribution in [0.3, 0.4) is 0 Å². The van der Waals surface area contributed by atoms with Crippen LogP contribution in [0.4, 0.5) is 4.39 Å². The predicted octanol–water partition coefficient (Wildman–Crippen LogP) is 0.847. The summed E-state index contributed by atoms with van der Waals surface area (Å²) in [5.41, 5.74) is 5.67. The number of carbonyl (C=O) groups excluding carboxylic acids is 2. The van der Waals surface area contributed by atoms with Gasteiger partial charge in [0.1, 0.15) is 5.82 Å². The smallest absolute Gasteiger partial charge is 0.254 e. The number of primary amides is 1. The summed E-state index contributed by atoms with van der Waals surface area (Å²) in [5.74, 6) is -0.956. The number of benzene rings is 1. The molecule has 1 fully saturated rings. The number of hydrogen-bond donors (Lipinski definition) is 1. The van der Waals surface area contributed by atoms with Crippen molar-refractivity contribution in [2.75, 3.05) is 26.2 Å². The first-order valence-electron chi connectivity index (χ1n) is 7.07. The Balaban J connectivity index is 2.03. The number of nitrogens with zero attached hydrogens (tertiary/aromatic N) is 2. The van der Waals surface area contributed by atoms with Crippen LogP contribution >= 0.6 is 0 Å². The molecule has 114 valence electrons. The Morgan fingerprint density at radius 2 is 2.00 bits per heavy atom. The summed E-state index contributed by atoms with van der Waals surface area (Å²) in [6, 6.07) is 5.36. The molecule has 21 heavy (non-hydrogen) atoms. The van der Waals surface area contributed by atoms with Gasteiger partial charge in [-0.15, -0.1) is 0 Å².